The Hall–Kier alpha value is -1.60. The predicted octanol–water partition coefficient (Wildman–Crippen LogP) is 7.10. The first-order valence-electron chi connectivity index (χ1n) is 10.7. The standard InChI is InChI=1S/C25H35N/c1-2-3-4-5-6-7-8-9-10-14-22-19-18-21-17-16-20-13-11-12-15-23(20)24(21)25(22)26/h2,11-13,15-17,22,25H,1,3-10,14,18-19,26H2. The van der Waals surface area contributed by atoms with Crippen molar-refractivity contribution < 1.29 is 0 Å². The van der Waals surface area contributed by atoms with Gasteiger partial charge in [-0.1, -0.05) is 81.0 Å². The molecule has 0 fully saturated rings. The first-order valence-corrected chi connectivity index (χ1v) is 10.7. The van der Waals surface area contributed by atoms with Gasteiger partial charge in [-0.15, -0.1) is 6.58 Å². The summed E-state index contributed by atoms with van der Waals surface area (Å²) >= 11 is 0. The number of fused-ring (bicyclic) bond motifs is 3. The first kappa shape index (κ1) is 19.2. The molecule has 0 bridgehead atoms. The van der Waals surface area contributed by atoms with E-state index in [2.05, 4.69) is 43.0 Å². The van der Waals surface area contributed by atoms with Gasteiger partial charge in [0.2, 0.25) is 0 Å². The fourth-order valence-corrected chi connectivity index (χ4v) is 4.61. The predicted molar refractivity (Wildman–Crippen MR) is 114 cm³/mol. The Labute approximate surface area is 159 Å². The van der Waals surface area contributed by atoms with Crippen molar-refractivity contribution >= 4 is 10.8 Å². The lowest BCUT2D eigenvalue weighted by atomic mass is 9.76. The van der Waals surface area contributed by atoms with E-state index in [-0.39, 0.29) is 6.04 Å². The van der Waals surface area contributed by atoms with E-state index in [1.54, 1.807) is 0 Å². The number of rotatable bonds is 10. The van der Waals surface area contributed by atoms with Gasteiger partial charge in [0.25, 0.3) is 0 Å². The lowest BCUT2D eigenvalue weighted by Crippen LogP contribution is -2.27. The van der Waals surface area contributed by atoms with Crippen LogP contribution in [-0.4, -0.2) is 0 Å². The average molecular weight is 350 g/mol. The second-order valence-electron chi connectivity index (χ2n) is 8.02. The van der Waals surface area contributed by atoms with Crippen LogP contribution in [0.5, 0.6) is 0 Å². The smallest absolute Gasteiger partial charge is 0.0332 e. The summed E-state index contributed by atoms with van der Waals surface area (Å²) in [5.74, 6) is 0.654. The third-order valence-electron chi connectivity index (χ3n) is 6.17. The van der Waals surface area contributed by atoms with E-state index in [1.165, 1.54) is 92.5 Å². The lowest BCUT2D eigenvalue weighted by molar-refractivity contribution is 0.343. The van der Waals surface area contributed by atoms with E-state index in [1.807, 2.05) is 6.08 Å². The first-order chi connectivity index (χ1) is 12.8. The summed E-state index contributed by atoms with van der Waals surface area (Å²) in [4.78, 5) is 0. The normalized spacial score (nSPS) is 19.4. The molecule has 0 radical (unpaired) electrons. The monoisotopic (exact) mass is 349 g/mol. The molecule has 0 saturated carbocycles. The molecule has 1 aliphatic rings. The molecule has 140 valence electrons. The van der Waals surface area contributed by atoms with Crippen LogP contribution in [0.4, 0.5) is 0 Å². The fraction of sp³-hybridized carbons (Fsp3) is 0.520. The molecular weight excluding hydrogens is 314 g/mol. The van der Waals surface area contributed by atoms with Crippen LogP contribution in [-0.2, 0) is 6.42 Å². The van der Waals surface area contributed by atoms with Crippen molar-refractivity contribution in [3.8, 4) is 0 Å². The summed E-state index contributed by atoms with van der Waals surface area (Å²) in [5.41, 5.74) is 9.67. The van der Waals surface area contributed by atoms with E-state index in [9.17, 15) is 0 Å². The maximum atomic E-state index is 6.76. The van der Waals surface area contributed by atoms with Crippen LogP contribution in [0.15, 0.2) is 49.1 Å². The van der Waals surface area contributed by atoms with Gasteiger partial charge < -0.3 is 5.73 Å². The van der Waals surface area contributed by atoms with Crippen molar-refractivity contribution in [1.29, 1.82) is 0 Å². The van der Waals surface area contributed by atoms with Gasteiger partial charge in [-0.25, -0.2) is 0 Å². The largest absolute Gasteiger partial charge is 0.324 e. The molecule has 1 aliphatic carbocycles. The van der Waals surface area contributed by atoms with E-state index in [0.29, 0.717) is 5.92 Å². The number of unbranched alkanes of at least 4 members (excludes halogenated alkanes) is 7. The number of hydrogen-bond donors (Lipinski definition) is 1. The van der Waals surface area contributed by atoms with Crippen molar-refractivity contribution in [2.24, 2.45) is 11.7 Å². The molecule has 0 heterocycles. The van der Waals surface area contributed by atoms with Gasteiger partial charge in [-0.3, -0.25) is 0 Å². The highest BCUT2D eigenvalue weighted by molar-refractivity contribution is 5.87. The zero-order chi connectivity index (χ0) is 18.2. The summed E-state index contributed by atoms with van der Waals surface area (Å²) in [6.45, 7) is 3.79. The molecule has 2 atom stereocenters. The lowest BCUT2D eigenvalue weighted by Gasteiger charge is -2.32. The minimum Gasteiger partial charge on any atom is -0.324 e. The number of allylic oxidation sites excluding steroid dienone is 1. The number of hydrogen-bond acceptors (Lipinski definition) is 1. The second kappa shape index (κ2) is 9.92. The zero-order valence-corrected chi connectivity index (χ0v) is 16.3. The molecule has 26 heavy (non-hydrogen) atoms. The average Bonchev–Trinajstić information content (AvgIpc) is 2.68. The maximum absolute atomic E-state index is 6.76. The number of benzene rings is 2. The topological polar surface area (TPSA) is 26.0 Å². The highest BCUT2D eigenvalue weighted by atomic mass is 14.7. The summed E-state index contributed by atoms with van der Waals surface area (Å²) in [7, 11) is 0. The second-order valence-corrected chi connectivity index (χ2v) is 8.02. The highest BCUT2D eigenvalue weighted by Crippen LogP contribution is 2.39. The van der Waals surface area contributed by atoms with Gasteiger partial charge in [0.05, 0.1) is 0 Å². The number of aryl methyl sites for hydroxylation is 1. The Morgan fingerprint density at radius 3 is 2.46 bits per heavy atom. The van der Waals surface area contributed by atoms with Crippen LogP contribution >= 0.6 is 0 Å². The van der Waals surface area contributed by atoms with E-state index < -0.39 is 0 Å². The molecule has 2 N–H and O–H groups in total. The molecule has 3 rings (SSSR count). The summed E-state index contributed by atoms with van der Waals surface area (Å²) in [6, 6.07) is 13.5. The van der Waals surface area contributed by atoms with Crippen molar-refractivity contribution in [3.05, 3.63) is 60.2 Å². The molecule has 1 nitrogen and oxygen atoms in total. The molecule has 2 unspecified atom stereocenters. The Balaban J connectivity index is 1.46. The zero-order valence-electron chi connectivity index (χ0n) is 16.3. The Morgan fingerprint density at radius 1 is 0.923 bits per heavy atom. The van der Waals surface area contributed by atoms with Crippen molar-refractivity contribution in [2.75, 3.05) is 0 Å². The minimum atomic E-state index is 0.212. The van der Waals surface area contributed by atoms with Crippen molar-refractivity contribution in [1.82, 2.24) is 0 Å². The van der Waals surface area contributed by atoms with Gasteiger partial charge in [-0.2, -0.15) is 0 Å². The molecular formula is C25H35N. The molecule has 0 aromatic heterocycles. The van der Waals surface area contributed by atoms with Crippen LogP contribution in [0.3, 0.4) is 0 Å². The summed E-state index contributed by atoms with van der Waals surface area (Å²) in [6.07, 6.45) is 16.5. The summed E-state index contributed by atoms with van der Waals surface area (Å²) in [5, 5.41) is 2.71. The molecule has 0 amide bonds. The highest BCUT2D eigenvalue weighted by Gasteiger charge is 2.27. The molecule has 0 aliphatic heterocycles. The van der Waals surface area contributed by atoms with Gasteiger partial charge in [0, 0.05) is 6.04 Å². The van der Waals surface area contributed by atoms with E-state index in [4.69, 9.17) is 5.73 Å². The Kier molecular flexibility index (Phi) is 7.32. The van der Waals surface area contributed by atoms with E-state index in [0.717, 1.165) is 0 Å². The van der Waals surface area contributed by atoms with Gasteiger partial charge in [0.15, 0.2) is 0 Å². The van der Waals surface area contributed by atoms with Gasteiger partial charge in [0.1, 0.15) is 0 Å². The van der Waals surface area contributed by atoms with Gasteiger partial charge in [-0.05, 0) is 59.9 Å². The molecule has 0 spiro atoms. The van der Waals surface area contributed by atoms with Crippen LogP contribution in [0, 0.1) is 5.92 Å². The molecule has 2 aromatic carbocycles. The van der Waals surface area contributed by atoms with E-state index >= 15 is 0 Å². The van der Waals surface area contributed by atoms with Crippen LogP contribution in [0.25, 0.3) is 10.8 Å². The van der Waals surface area contributed by atoms with Crippen LogP contribution in [0.2, 0.25) is 0 Å². The minimum absolute atomic E-state index is 0.212. The fourth-order valence-electron chi connectivity index (χ4n) is 4.61. The van der Waals surface area contributed by atoms with Crippen LogP contribution in [0.1, 0.15) is 81.4 Å². The molecule has 2 aromatic rings. The van der Waals surface area contributed by atoms with Crippen molar-refractivity contribution in [2.45, 2.75) is 76.7 Å². The third kappa shape index (κ3) is 4.76. The number of nitrogens with two attached hydrogens (primary N) is 1. The van der Waals surface area contributed by atoms with Crippen molar-refractivity contribution in [3.63, 3.8) is 0 Å². The van der Waals surface area contributed by atoms with Crippen LogP contribution < -0.4 is 5.73 Å². The Morgan fingerprint density at radius 2 is 1.65 bits per heavy atom. The third-order valence-corrected chi connectivity index (χ3v) is 6.17. The molecule has 1 heteroatoms. The molecule has 0 saturated heterocycles. The quantitative estimate of drug-likeness (QED) is 0.359. The SMILES string of the molecule is C=CCCCCCCCCCC1CCc2ccc3ccccc3c2C1N. The van der Waals surface area contributed by atoms with Gasteiger partial charge >= 0.3 is 0 Å². The Bertz CT molecular complexity index is 702. The maximum Gasteiger partial charge on any atom is 0.0332 e. The summed E-state index contributed by atoms with van der Waals surface area (Å²) < 4.78 is 0.